The summed E-state index contributed by atoms with van der Waals surface area (Å²) in [6, 6.07) is 23.1. The Morgan fingerprint density at radius 1 is 0.727 bits per heavy atom. The third-order valence-electron chi connectivity index (χ3n) is 3.27. The van der Waals surface area contributed by atoms with Crippen molar-refractivity contribution in [2.45, 2.75) is 0 Å². The number of esters is 1. The normalized spacial score (nSPS) is 10.2. The highest BCUT2D eigenvalue weighted by molar-refractivity contribution is 5.91. The van der Waals surface area contributed by atoms with Crippen molar-refractivity contribution in [2.24, 2.45) is 0 Å². The van der Waals surface area contributed by atoms with Crippen LogP contribution >= 0.6 is 0 Å². The van der Waals surface area contributed by atoms with E-state index in [4.69, 9.17) is 4.74 Å². The second-order valence-electron chi connectivity index (χ2n) is 4.83. The number of ether oxygens (including phenoxy) is 1. The molecule has 108 valence electrons. The molecule has 0 unspecified atom stereocenters. The lowest BCUT2D eigenvalue weighted by atomic mass is 10.1. The maximum absolute atomic E-state index is 12.0. The van der Waals surface area contributed by atoms with Gasteiger partial charge in [-0.05, 0) is 47.5 Å². The van der Waals surface area contributed by atoms with Gasteiger partial charge in [0, 0.05) is 0 Å². The summed E-state index contributed by atoms with van der Waals surface area (Å²) in [6.07, 6.45) is 0. The lowest BCUT2D eigenvalue weighted by Gasteiger charge is -2.06. The van der Waals surface area contributed by atoms with Crippen LogP contribution in [0.2, 0.25) is 0 Å². The largest absolute Gasteiger partial charge is 0.508 e. The molecule has 0 heterocycles. The lowest BCUT2D eigenvalue weighted by Crippen LogP contribution is -2.07. The predicted molar refractivity (Wildman–Crippen MR) is 84.9 cm³/mol. The SMILES string of the molecule is O=C(Oc1ccc(-c2ccc(O)cc2)cc1)c1ccccc1. The summed E-state index contributed by atoms with van der Waals surface area (Å²) >= 11 is 0. The van der Waals surface area contributed by atoms with Gasteiger partial charge in [0.05, 0.1) is 5.56 Å². The Labute approximate surface area is 128 Å². The van der Waals surface area contributed by atoms with Crippen LogP contribution in [0.5, 0.6) is 11.5 Å². The number of phenols is 1. The van der Waals surface area contributed by atoms with Crippen molar-refractivity contribution >= 4 is 5.97 Å². The number of phenolic OH excluding ortho intramolecular Hbond substituents is 1. The van der Waals surface area contributed by atoms with E-state index < -0.39 is 0 Å². The molecular formula is C19H14O3. The molecule has 3 heteroatoms. The van der Waals surface area contributed by atoms with Crippen molar-refractivity contribution in [1.82, 2.24) is 0 Å². The fourth-order valence-electron chi connectivity index (χ4n) is 2.11. The predicted octanol–water partition coefficient (Wildman–Crippen LogP) is 4.28. The van der Waals surface area contributed by atoms with Gasteiger partial charge in [0.2, 0.25) is 0 Å². The number of carbonyl (C=O) groups is 1. The summed E-state index contributed by atoms with van der Waals surface area (Å²) < 4.78 is 5.33. The molecule has 0 fully saturated rings. The molecule has 0 saturated heterocycles. The van der Waals surface area contributed by atoms with Crippen LogP contribution < -0.4 is 4.74 Å². The minimum atomic E-state index is -0.377. The molecule has 3 rings (SSSR count). The topological polar surface area (TPSA) is 46.5 Å². The average molecular weight is 290 g/mol. The van der Waals surface area contributed by atoms with E-state index in [2.05, 4.69) is 0 Å². The zero-order valence-corrected chi connectivity index (χ0v) is 11.8. The van der Waals surface area contributed by atoms with Crippen molar-refractivity contribution in [3.63, 3.8) is 0 Å². The number of hydrogen-bond acceptors (Lipinski definition) is 3. The first-order valence-electron chi connectivity index (χ1n) is 6.89. The molecule has 0 amide bonds. The van der Waals surface area contributed by atoms with Gasteiger partial charge < -0.3 is 9.84 Å². The second-order valence-corrected chi connectivity index (χ2v) is 4.83. The van der Waals surface area contributed by atoms with Crippen LogP contribution in [0.4, 0.5) is 0 Å². The van der Waals surface area contributed by atoms with Crippen LogP contribution in [0.25, 0.3) is 11.1 Å². The fraction of sp³-hybridized carbons (Fsp3) is 0. The number of carbonyl (C=O) groups excluding carboxylic acids is 1. The van der Waals surface area contributed by atoms with Crippen LogP contribution in [0.3, 0.4) is 0 Å². The highest BCUT2D eigenvalue weighted by Gasteiger charge is 2.07. The van der Waals surface area contributed by atoms with Crippen LogP contribution in [0, 0.1) is 0 Å². The molecule has 0 atom stereocenters. The Morgan fingerprint density at radius 3 is 1.86 bits per heavy atom. The van der Waals surface area contributed by atoms with Crippen LogP contribution in [-0.2, 0) is 0 Å². The summed E-state index contributed by atoms with van der Waals surface area (Å²) in [5.74, 6) is 0.353. The van der Waals surface area contributed by atoms with Crippen LogP contribution in [0.1, 0.15) is 10.4 Å². The van der Waals surface area contributed by atoms with Crippen molar-refractivity contribution < 1.29 is 14.6 Å². The molecule has 3 nitrogen and oxygen atoms in total. The molecule has 1 N–H and O–H groups in total. The first-order valence-corrected chi connectivity index (χ1v) is 6.89. The van der Waals surface area contributed by atoms with E-state index in [0.29, 0.717) is 11.3 Å². The van der Waals surface area contributed by atoms with E-state index in [1.165, 1.54) is 0 Å². The minimum Gasteiger partial charge on any atom is -0.508 e. The molecule has 0 aromatic heterocycles. The van der Waals surface area contributed by atoms with Crippen LogP contribution in [-0.4, -0.2) is 11.1 Å². The second kappa shape index (κ2) is 6.14. The molecule has 0 aliphatic heterocycles. The number of hydrogen-bond donors (Lipinski definition) is 1. The van der Waals surface area contributed by atoms with E-state index in [-0.39, 0.29) is 11.7 Å². The standard InChI is InChI=1S/C19H14O3/c20-17-10-6-14(7-11-17)15-8-12-18(13-9-15)22-19(21)16-4-2-1-3-5-16/h1-13,20H. The van der Waals surface area contributed by atoms with E-state index >= 15 is 0 Å². The number of benzene rings is 3. The summed E-state index contributed by atoms with van der Waals surface area (Å²) in [7, 11) is 0. The van der Waals surface area contributed by atoms with Crippen molar-refractivity contribution in [1.29, 1.82) is 0 Å². The molecular weight excluding hydrogens is 276 g/mol. The first kappa shape index (κ1) is 13.9. The minimum absolute atomic E-state index is 0.233. The van der Waals surface area contributed by atoms with Gasteiger partial charge in [-0.3, -0.25) is 0 Å². The maximum atomic E-state index is 12.0. The molecule has 0 saturated carbocycles. The molecule has 22 heavy (non-hydrogen) atoms. The van der Waals surface area contributed by atoms with Crippen molar-refractivity contribution in [3.8, 4) is 22.6 Å². The highest BCUT2D eigenvalue weighted by Crippen LogP contribution is 2.24. The van der Waals surface area contributed by atoms with Gasteiger partial charge in [-0.15, -0.1) is 0 Å². The number of aromatic hydroxyl groups is 1. The van der Waals surface area contributed by atoms with Crippen LogP contribution in [0.15, 0.2) is 78.9 Å². The quantitative estimate of drug-likeness (QED) is 0.578. The molecule has 3 aromatic rings. The van der Waals surface area contributed by atoms with Gasteiger partial charge in [0.25, 0.3) is 0 Å². The zero-order valence-electron chi connectivity index (χ0n) is 11.8. The zero-order chi connectivity index (χ0) is 15.4. The molecule has 0 bridgehead atoms. The molecule has 0 aliphatic carbocycles. The lowest BCUT2D eigenvalue weighted by molar-refractivity contribution is 0.0735. The Kier molecular flexibility index (Phi) is 3.88. The highest BCUT2D eigenvalue weighted by atomic mass is 16.5. The average Bonchev–Trinajstić information content (AvgIpc) is 2.57. The van der Waals surface area contributed by atoms with E-state index in [1.807, 2.05) is 30.3 Å². The van der Waals surface area contributed by atoms with Gasteiger partial charge in [-0.2, -0.15) is 0 Å². The molecule has 0 aliphatic rings. The first-order chi connectivity index (χ1) is 10.7. The Morgan fingerprint density at radius 2 is 1.27 bits per heavy atom. The van der Waals surface area contributed by atoms with Gasteiger partial charge in [0.15, 0.2) is 0 Å². The third-order valence-corrected chi connectivity index (χ3v) is 3.27. The maximum Gasteiger partial charge on any atom is 0.343 e. The van der Waals surface area contributed by atoms with E-state index in [1.54, 1.807) is 48.5 Å². The molecule has 3 aromatic carbocycles. The monoisotopic (exact) mass is 290 g/mol. The third kappa shape index (κ3) is 3.15. The van der Waals surface area contributed by atoms with Gasteiger partial charge in [-0.1, -0.05) is 42.5 Å². The molecule has 0 spiro atoms. The number of rotatable bonds is 3. The van der Waals surface area contributed by atoms with Crippen molar-refractivity contribution in [3.05, 3.63) is 84.4 Å². The van der Waals surface area contributed by atoms with E-state index in [0.717, 1.165) is 11.1 Å². The summed E-state index contributed by atoms with van der Waals surface area (Å²) in [6.45, 7) is 0. The smallest absolute Gasteiger partial charge is 0.343 e. The van der Waals surface area contributed by atoms with E-state index in [9.17, 15) is 9.90 Å². The Bertz CT molecular complexity index is 760. The van der Waals surface area contributed by atoms with Gasteiger partial charge in [-0.25, -0.2) is 4.79 Å². The summed E-state index contributed by atoms with van der Waals surface area (Å²) in [5, 5.41) is 9.30. The summed E-state index contributed by atoms with van der Waals surface area (Å²) in [4.78, 5) is 12.0. The fourth-order valence-corrected chi connectivity index (χ4v) is 2.11. The summed E-state index contributed by atoms with van der Waals surface area (Å²) in [5.41, 5.74) is 2.49. The Hall–Kier alpha value is -3.07. The molecule has 0 radical (unpaired) electrons. The van der Waals surface area contributed by atoms with Gasteiger partial charge >= 0.3 is 5.97 Å². The van der Waals surface area contributed by atoms with Crippen molar-refractivity contribution in [2.75, 3.05) is 0 Å². The Balaban J connectivity index is 1.74. The van der Waals surface area contributed by atoms with Gasteiger partial charge in [0.1, 0.15) is 11.5 Å².